The van der Waals surface area contributed by atoms with Crippen molar-refractivity contribution < 1.29 is 0 Å². The fourth-order valence-electron chi connectivity index (χ4n) is 4.58. The van der Waals surface area contributed by atoms with Crippen molar-refractivity contribution in [1.29, 1.82) is 0 Å². The SMILES string of the molecule is Cc1ccc(/N=C2/SCC3(CCCC3)N2C2CCCC2)c(Cl)c1Cl. The minimum atomic E-state index is 0.347. The fraction of sp³-hybridized carbons (Fsp3) is 0.632. The average Bonchev–Trinajstić information content (AvgIpc) is 3.31. The maximum Gasteiger partial charge on any atom is 0.165 e. The van der Waals surface area contributed by atoms with Gasteiger partial charge in [0.25, 0.3) is 0 Å². The highest BCUT2D eigenvalue weighted by Crippen LogP contribution is 2.49. The minimum Gasteiger partial charge on any atom is -0.342 e. The lowest BCUT2D eigenvalue weighted by atomic mass is 9.95. The van der Waals surface area contributed by atoms with E-state index in [1.165, 1.54) is 62.3 Å². The zero-order valence-electron chi connectivity index (χ0n) is 14.2. The summed E-state index contributed by atoms with van der Waals surface area (Å²) in [4.78, 5) is 7.69. The molecule has 1 aliphatic heterocycles. The molecule has 130 valence electrons. The first-order valence-corrected chi connectivity index (χ1v) is 10.8. The van der Waals surface area contributed by atoms with Gasteiger partial charge in [-0.1, -0.05) is 66.7 Å². The van der Waals surface area contributed by atoms with Gasteiger partial charge in [0.15, 0.2) is 5.17 Å². The quantitative estimate of drug-likeness (QED) is 0.572. The minimum absolute atomic E-state index is 0.347. The van der Waals surface area contributed by atoms with Crippen LogP contribution in [0.15, 0.2) is 17.1 Å². The third kappa shape index (κ3) is 2.87. The Balaban J connectivity index is 1.72. The van der Waals surface area contributed by atoms with Crippen LogP contribution in [0.1, 0.15) is 56.9 Å². The van der Waals surface area contributed by atoms with E-state index < -0.39 is 0 Å². The number of nitrogens with zero attached hydrogens (tertiary/aromatic N) is 2. The summed E-state index contributed by atoms with van der Waals surface area (Å²) in [6, 6.07) is 4.68. The zero-order valence-corrected chi connectivity index (χ0v) is 16.5. The van der Waals surface area contributed by atoms with Crippen molar-refractivity contribution in [2.24, 2.45) is 4.99 Å². The van der Waals surface area contributed by atoms with Gasteiger partial charge in [0.05, 0.1) is 21.3 Å². The molecule has 2 aliphatic carbocycles. The van der Waals surface area contributed by atoms with Gasteiger partial charge in [-0.25, -0.2) is 4.99 Å². The van der Waals surface area contributed by atoms with Crippen LogP contribution in [0.3, 0.4) is 0 Å². The molecule has 0 bridgehead atoms. The molecule has 1 aromatic rings. The second-order valence-electron chi connectivity index (χ2n) is 7.45. The Morgan fingerprint density at radius 2 is 1.79 bits per heavy atom. The van der Waals surface area contributed by atoms with Crippen LogP contribution in [-0.2, 0) is 0 Å². The summed E-state index contributed by atoms with van der Waals surface area (Å²) in [5.74, 6) is 1.18. The van der Waals surface area contributed by atoms with E-state index in [9.17, 15) is 0 Å². The molecule has 1 aromatic carbocycles. The van der Waals surface area contributed by atoms with E-state index in [4.69, 9.17) is 28.2 Å². The molecule has 0 unspecified atom stereocenters. The molecule has 2 saturated carbocycles. The van der Waals surface area contributed by atoms with E-state index in [1.807, 2.05) is 30.8 Å². The van der Waals surface area contributed by atoms with Gasteiger partial charge in [0.2, 0.25) is 0 Å². The Morgan fingerprint density at radius 1 is 1.08 bits per heavy atom. The average molecular weight is 383 g/mol. The summed E-state index contributed by atoms with van der Waals surface area (Å²) in [6.07, 6.45) is 10.7. The van der Waals surface area contributed by atoms with E-state index in [1.54, 1.807) is 0 Å². The second kappa shape index (κ2) is 6.74. The van der Waals surface area contributed by atoms with Crippen molar-refractivity contribution in [3.05, 3.63) is 27.7 Å². The Hall–Kier alpha value is -0.380. The first-order chi connectivity index (χ1) is 11.6. The fourth-order valence-corrected chi connectivity index (χ4v) is 6.46. The van der Waals surface area contributed by atoms with Gasteiger partial charge in [-0.05, 0) is 44.2 Å². The molecule has 0 amide bonds. The molecule has 0 aromatic heterocycles. The molecule has 3 fully saturated rings. The zero-order chi connectivity index (χ0) is 16.7. The number of rotatable bonds is 2. The lowest BCUT2D eigenvalue weighted by molar-refractivity contribution is 0.163. The summed E-state index contributed by atoms with van der Waals surface area (Å²) < 4.78 is 0. The summed E-state index contributed by atoms with van der Waals surface area (Å²) in [7, 11) is 0. The first kappa shape index (κ1) is 17.1. The van der Waals surface area contributed by atoms with Gasteiger partial charge in [-0.2, -0.15) is 0 Å². The maximum absolute atomic E-state index is 6.47. The predicted molar refractivity (Wildman–Crippen MR) is 106 cm³/mol. The standard InChI is InChI=1S/C19H24Cl2N2S/c1-13-8-9-15(17(21)16(13)20)22-18-23(14-6-2-3-7-14)19(12-24-18)10-4-5-11-19/h8-9,14H,2-7,10-12H2,1H3/b22-18+. The van der Waals surface area contributed by atoms with Crippen LogP contribution in [0.4, 0.5) is 5.69 Å². The first-order valence-electron chi connectivity index (χ1n) is 9.06. The summed E-state index contributed by atoms with van der Waals surface area (Å²) in [6.45, 7) is 1.98. The van der Waals surface area contributed by atoms with Crippen molar-refractivity contribution in [2.45, 2.75) is 69.9 Å². The molecule has 1 heterocycles. The van der Waals surface area contributed by atoms with E-state index in [-0.39, 0.29) is 0 Å². The van der Waals surface area contributed by atoms with Gasteiger partial charge in [-0.15, -0.1) is 0 Å². The smallest absolute Gasteiger partial charge is 0.165 e. The molecule has 5 heteroatoms. The molecule has 24 heavy (non-hydrogen) atoms. The lowest BCUT2D eigenvalue weighted by Gasteiger charge is -2.40. The van der Waals surface area contributed by atoms with Gasteiger partial charge < -0.3 is 4.90 Å². The third-order valence-electron chi connectivity index (χ3n) is 5.88. The van der Waals surface area contributed by atoms with Crippen LogP contribution < -0.4 is 0 Å². The topological polar surface area (TPSA) is 15.6 Å². The summed E-state index contributed by atoms with van der Waals surface area (Å²) >= 11 is 14.7. The van der Waals surface area contributed by atoms with Crippen molar-refractivity contribution >= 4 is 45.8 Å². The Morgan fingerprint density at radius 3 is 2.50 bits per heavy atom. The van der Waals surface area contributed by atoms with E-state index in [0.717, 1.165) is 11.3 Å². The van der Waals surface area contributed by atoms with Gasteiger partial charge in [0, 0.05) is 11.8 Å². The second-order valence-corrected chi connectivity index (χ2v) is 9.15. The molecule has 4 rings (SSSR count). The molecule has 3 aliphatic rings. The maximum atomic E-state index is 6.47. The van der Waals surface area contributed by atoms with Crippen LogP contribution in [-0.4, -0.2) is 27.4 Å². The number of hydrogen-bond donors (Lipinski definition) is 0. The van der Waals surface area contributed by atoms with Gasteiger partial charge in [-0.3, -0.25) is 0 Å². The molecular formula is C19H24Cl2N2S. The normalized spacial score (nSPS) is 25.5. The molecule has 0 radical (unpaired) electrons. The number of benzene rings is 1. The largest absolute Gasteiger partial charge is 0.342 e. The number of halogens is 2. The molecule has 0 atom stereocenters. The molecule has 2 nitrogen and oxygen atoms in total. The Labute approximate surface area is 159 Å². The third-order valence-corrected chi connectivity index (χ3v) is 8.08. The number of thioether (sulfide) groups is 1. The van der Waals surface area contributed by atoms with Gasteiger partial charge in [0.1, 0.15) is 0 Å². The number of amidine groups is 1. The monoisotopic (exact) mass is 382 g/mol. The number of aryl methyl sites for hydroxylation is 1. The van der Waals surface area contributed by atoms with Gasteiger partial charge >= 0.3 is 0 Å². The van der Waals surface area contributed by atoms with Crippen molar-refractivity contribution in [3.8, 4) is 0 Å². The van der Waals surface area contributed by atoms with E-state index in [2.05, 4.69) is 4.90 Å². The van der Waals surface area contributed by atoms with E-state index >= 15 is 0 Å². The Bertz CT molecular complexity index is 662. The van der Waals surface area contributed by atoms with Crippen molar-refractivity contribution in [1.82, 2.24) is 4.90 Å². The van der Waals surface area contributed by atoms with Crippen LogP contribution in [0, 0.1) is 6.92 Å². The highest BCUT2D eigenvalue weighted by Gasteiger charge is 2.49. The Kier molecular flexibility index (Phi) is 4.79. The molecule has 0 N–H and O–H groups in total. The van der Waals surface area contributed by atoms with Crippen molar-refractivity contribution in [3.63, 3.8) is 0 Å². The van der Waals surface area contributed by atoms with Crippen LogP contribution in [0.2, 0.25) is 10.0 Å². The van der Waals surface area contributed by atoms with Crippen LogP contribution >= 0.6 is 35.0 Å². The molecule has 1 saturated heterocycles. The van der Waals surface area contributed by atoms with Crippen LogP contribution in [0.5, 0.6) is 0 Å². The van der Waals surface area contributed by atoms with E-state index in [0.29, 0.717) is 21.6 Å². The predicted octanol–water partition coefficient (Wildman–Crippen LogP) is 6.59. The highest BCUT2D eigenvalue weighted by atomic mass is 35.5. The molecular weight excluding hydrogens is 359 g/mol. The summed E-state index contributed by atoms with van der Waals surface area (Å²) in [5, 5.41) is 2.39. The highest BCUT2D eigenvalue weighted by molar-refractivity contribution is 8.14. The summed E-state index contributed by atoms with van der Waals surface area (Å²) in [5.41, 5.74) is 2.16. The molecule has 1 spiro atoms. The lowest BCUT2D eigenvalue weighted by Crippen LogP contribution is -2.50. The number of aliphatic imine (C=N–C) groups is 1. The van der Waals surface area contributed by atoms with Crippen LogP contribution in [0.25, 0.3) is 0 Å². The van der Waals surface area contributed by atoms with Crippen molar-refractivity contribution in [2.75, 3.05) is 5.75 Å². The number of hydrogen-bond acceptors (Lipinski definition) is 2.